The highest BCUT2D eigenvalue weighted by Crippen LogP contribution is 2.31. The molecule has 118 valence electrons. The summed E-state index contributed by atoms with van der Waals surface area (Å²) in [7, 11) is 0. The summed E-state index contributed by atoms with van der Waals surface area (Å²) in [5.41, 5.74) is 0.789. The highest BCUT2D eigenvalue weighted by molar-refractivity contribution is 6.32. The Balaban J connectivity index is 2.30. The molecule has 1 aromatic carbocycles. The first-order valence-corrected chi connectivity index (χ1v) is 7.37. The Morgan fingerprint density at radius 1 is 1.32 bits per heavy atom. The topological polar surface area (TPSA) is 65.7 Å². The lowest BCUT2D eigenvalue weighted by Gasteiger charge is -2.11. The number of carbonyl (C=O) groups is 1. The van der Waals surface area contributed by atoms with Gasteiger partial charge in [-0.3, -0.25) is 0 Å². The van der Waals surface area contributed by atoms with Crippen LogP contribution in [0.5, 0.6) is 5.75 Å². The molecule has 1 aromatic heterocycles. The zero-order valence-corrected chi connectivity index (χ0v) is 13.4. The van der Waals surface area contributed by atoms with E-state index >= 15 is 0 Å². The lowest BCUT2D eigenvalue weighted by Crippen LogP contribution is -2.18. The van der Waals surface area contributed by atoms with E-state index in [1.807, 2.05) is 6.92 Å². The van der Waals surface area contributed by atoms with E-state index in [0.717, 1.165) is 10.9 Å². The molecule has 0 amide bonds. The number of fused-ring (bicyclic) bond motifs is 1. The van der Waals surface area contributed by atoms with Gasteiger partial charge in [-0.15, -0.1) is 0 Å². The van der Waals surface area contributed by atoms with Gasteiger partial charge in [-0.05, 0) is 31.9 Å². The van der Waals surface area contributed by atoms with Crippen LogP contribution in [-0.4, -0.2) is 18.7 Å². The first-order chi connectivity index (χ1) is 10.4. The van der Waals surface area contributed by atoms with Gasteiger partial charge in [0, 0.05) is 17.5 Å². The van der Waals surface area contributed by atoms with Crippen molar-refractivity contribution in [2.75, 3.05) is 6.61 Å². The third-order valence-electron chi connectivity index (χ3n) is 2.98. The quantitative estimate of drug-likeness (QED) is 0.623. The van der Waals surface area contributed by atoms with Crippen molar-refractivity contribution in [3.05, 3.63) is 39.2 Å². The van der Waals surface area contributed by atoms with Gasteiger partial charge in [0.1, 0.15) is 11.3 Å². The van der Waals surface area contributed by atoms with Crippen molar-refractivity contribution < 1.29 is 18.7 Å². The lowest BCUT2D eigenvalue weighted by atomic mass is 10.1. The van der Waals surface area contributed by atoms with Gasteiger partial charge in [-0.1, -0.05) is 18.5 Å². The number of rotatable bonds is 5. The zero-order chi connectivity index (χ0) is 16.3. The number of halogens is 1. The van der Waals surface area contributed by atoms with E-state index in [1.165, 1.54) is 12.1 Å². The number of hydrogen-bond acceptors (Lipinski definition) is 5. The van der Waals surface area contributed by atoms with Crippen molar-refractivity contribution in [1.82, 2.24) is 0 Å². The predicted molar refractivity (Wildman–Crippen MR) is 83.6 cm³/mol. The molecule has 0 spiro atoms. The summed E-state index contributed by atoms with van der Waals surface area (Å²) in [5, 5.41) is 1.10. The SMILES string of the molecule is CCc1cc(=O)oc2cc(OCC(=O)OC(C)C)c(Cl)cc12. The van der Waals surface area contributed by atoms with Crippen LogP contribution >= 0.6 is 11.6 Å². The number of hydrogen-bond donors (Lipinski definition) is 0. The molecule has 0 aliphatic rings. The molecule has 22 heavy (non-hydrogen) atoms. The number of esters is 1. The molecule has 0 N–H and O–H groups in total. The van der Waals surface area contributed by atoms with E-state index in [9.17, 15) is 9.59 Å². The van der Waals surface area contributed by atoms with Gasteiger partial charge in [0.25, 0.3) is 0 Å². The molecule has 0 radical (unpaired) electrons. The Bertz CT molecular complexity index is 748. The van der Waals surface area contributed by atoms with Gasteiger partial charge in [0.05, 0.1) is 11.1 Å². The molecule has 0 unspecified atom stereocenters. The van der Waals surface area contributed by atoms with E-state index in [-0.39, 0.29) is 18.5 Å². The van der Waals surface area contributed by atoms with Gasteiger partial charge < -0.3 is 13.9 Å². The monoisotopic (exact) mass is 324 g/mol. The minimum atomic E-state index is -0.491. The minimum absolute atomic E-state index is 0.215. The summed E-state index contributed by atoms with van der Waals surface area (Å²) in [5.74, 6) is -0.221. The van der Waals surface area contributed by atoms with Crippen molar-refractivity contribution in [1.29, 1.82) is 0 Å². The maximum absolute atomic E-state index is 11.5. The minimum Gasteiger partial charge on any atom is -0.480 e. The average Bonchev–Trinajstić information content (AvgIpc) is 2.44. The first-order valence-electron chi connectivity index (χ1n) is 6.99. The molecule has 5 nitrogen and oxygen atoms in total. The van der Waals surface area contributed by atoms with Gasteiger partial charge in [-0.2, -0.15) is 0 Å². The summed E-state index contributed by atoms with van der Waals surface area (Å²) >= 11 is 6.16. The number of carbonyl (C=O) groups excluding carboxylic acids is 1. The molecule has 0 atom stereocenters. The molecule has 0 bridgehead atoms. The van der Waals surface area contributed by atoms with Crippen molar-refractivity contribution in [3.8, 4) is 5.75 Å². The maximum atomic E-state index is 11.5. The van der Waals surface area contributed by atoms with Crippen LogP contribution in [-0.2, 0) is 16.0 Å². The second-order valence-electron chi connectivity index (χ2n) is 5.05. The van der Waals surface area contributed by atoms with Crippen molar-refractivity contribution in [3.63, 3.8) is 0 Å². The van der Waals surface area contributed by atoms with Crippen LogP contribution in [0.4, 0.5) is 0 Å². The molecule has 6 heteroatoms. The summed E-state index contributed by atoms with van der Waals surface area (Å²) in [6, 6.07) is 4.63. The molecule has 0 saturated heterocycles. The largest absolute Gasteiger partial charge is 0.480 e. The fourth-order valence-corrected chi connectivity index (χ4v) is 2.28. The predicted octanol–water partition coefficient (Wildman–Crippen LogP) is 3.34. The molecule has 0 saturated carbocycles. The molecule has 0 fully saturated rings. The van der Waals surface area contributed by atoms with E-state index in [4.69, 9.17) is 25.5 Å². The standard InChI is InChI=1S/C16H17ClO5/c1-4-10-5-15(18)22-13-7-14(12(17)6-11(10)13)20-8-16(19)21-9(2)3/h5-7,9H,4,8H2,1-3H3. The molecule has 0 aliphatic carbocycles. The molecule has 2 aromatic rings. The Morgan fingerprint density at radius 3 is 2.68 bits per heavy atom. The van der Waals surface area contributed by atoms with E-state index in [0.29, 0.717) is 17.0 Å². The fourth-order valence-electron chi connectivity index (χ4n) is 2.06. The number of benzene rings is 1. The van der Waals surface area contributed by atoms with Crippen LogP contribution in [0.2, 0.25) is 5.02 Å². The Kier molecular flexibility index (Phi) is 5.08. The number of aryl methyl sites for hydroxylation is 1. The highest BCUT2D eigenvalue weighted by Gasteiger charge is 2.12. The van der Waals surface area contributed by atoms with E-state index < -0.39 is 11.6 Å². The van der Waals surface area contributed by atoms with Crippen molar-refractivity contribution in [2.24, 2.45) is 0 Å². The van der Waals surface area contributed by atoms with Gasteiger partial charge in [-0.25, -0.2) is 9.59 Å². The third-order valence-corrected chi connectivity index (χ3v) is 3.27. The van der Waals surface area contributed by atoms with Crippen LogP contribution in [0.15, 0.2) is 27.4 Å². The third kappa shape index (κ3) is 3.80. The van der Waals surface area contributed by atoms with Crippen LogP contribution in [0.3, 0.4) is 0 Å². The summed E-state index contributed by atoms with van der Waals surface area (Å²) in [6.07, 6.45) is 0.465. The fraction of sp³-hybridized carbons (Fsp3) is 0.375. The Morgan fingerprint density at radius 2 is 2.05 bits per heavy atom. The molecular weight excluding hydrogens is 308 g/mol. The Labute approximate surface area is 132 Å². The summed E-state index contributed by atoms with van der Waals surface area (Å²) in [6.45, 7) is 5.18. The van der Waals surface area contributed by atoms with E-state index in [2.05, 4.69) is 0 Å². The van der Waals surface area contributed by atoms with Crippen LogP contribution in [0, 0.1) is 0 Å². The van der Waals surface area contributed by atoms with Gasteiger partial charge in [0.15, 0.2) is 6.61 Å². The molecule has 0 aliphatic heterocycles. The second kappa shape index (κ2) is 6.83. The summed E-state index contributed by atoms with van der Waals surface area (Å²) < 4.78 is 15.5. The number of ether oxygens (including phenoxy) is 2. The highest BCUT2D eigenvalue weighted by atomic mass is 35.5. The summed E-state index contributed by atoms with van der Waals surface area (Å²) in [4.78, 5) is 23.0. The normalized spacial score (nSPS) is 11.0. The maximum Gasteiger partial charge on any atom is 0.344 e. The molecular formula is C16H17ClO5. The van der Waals surface area contributed by atoms with E-state index in [1.54, 1.807) is 19.9 Å². The molecule has 2 rings (SSSR count). The van der Waals surface area contributed by atoms with Crippen LogP contribution in [0.25, 0.3) is 11.0 Å². The van der Waals surface area contributed by atoms with Crippen molar-refractivity contribution >= 4 is 28.5 Å². The van der Waals surface area contributed by atoms with Crippen LogP contribution < -0.4 is 10.4 Å². The van der Waals surface area contributed by atoms with Gasteiger partial charge >= 0.3 is 11.6 Å². The van der Waals surface area contributed by atoms with Crippen molar-refractivity contribution in [2.45, 2.75) is 33.3 Å². The Hall–Kier alpha value is -2.01. The van der Waals surface area contributed by atoms with Gasteiger partial charge in [0.2, 0.25) is 0 Å². The first kappa shape index (κ1) is 16.4. The average molecular weight is 325 g/mol. The zero-order valence-electron chi connectivity index (χ0n) is 12.6. The van der Waals surface area contributed by atoms with Crippen LogP contribution in [0.1, 0.15) is 26.3 Å². The lowest BCUT2D eigenvalue weighted by molar-refractivity contribution is -0.149. The smallest absolute Gasteiger partial charge is 0.344 e. The molecule has 1 heterocycles. The second-order valence-corrected chi connectivity index (χ2v) is 5.46.